The van der Waals surface area contributed by atoms with E-state index in [1.807, 2.05) is 0 Å². The van der Waals surface area contributed by atoms with Crippen LogP contribution >= 0.6 is 0 Å². The van der Waals surface area contributed by atoms with Crippen molar-refractivity contribution in [2.45, 2.75) is 32.5 Å². The molecule has 0 spiro atoms. The largest absolute Gasteiger partial charge is 0.467 e. The number of hydrogen-bond donors (Lipinski definition) is 3. The molecule has 106 valence electrons. The average Bonchev–Trinajstić information content (AvgIpc) is 2.24. The van der Waals surface area contributed by atoms with Crippen LogP contribution in [-0.4, -0.2) is 55.6 Å². The van der Waals surface area contributed by atoms with Gasteiger partial charge >= 0.3 is 12.1 Å². The number of carbonyl (C=O) groups is 2. The topological polar surface area (TPSA) is 96.9 Å². The van der Waals surface area contributed by atoms with Gasteiger partial charge in [-0.3, -0.25) is 0 Å². The van der Waals surface area contributed by atoms with Crippen molar-refractivity contribution in [1.82, 2.24) is 10.6 Å². The lowest BCUT2D eigenvalue weighted by Gasteiger charge is -2.19. The highest BCUT2D eigenvalue weighted by Crippen LogP contribution is 2.05. The summed E-state index contributed by atoms with van der Waals surface area (Å²) < 4.78 is 9.36. The van der Waals surface area contributed by atoms with Crippen LogP contribution < -0.4 is 10.6 Å². The van der Waals surface area contributed by atoms with E-state index in [1.165, 1.54) is 7.11 Å². The van der Waals surface area contributed by atoms with Crippen LogP contribution in [0.1, 0.15) is 20.8 Å². The molecule has 1 amide bonds. The SMILES string of the molecule is COC(=O)[C@@H](O)CNCCNC(=O)OC(C)(C)C. The smallest absolute Gasteiger partial charge is 0.407 e. The molecule has 7 nitrogen and oxygen atoms in total. The third-order valence-electron chi connectivity index (χ3n) is 1.78. The number of hydrogen-bond acceptors (Lipinski definition) is 6. The molecule has 1 atom stereocenters. The lowest BCUT2D eigenvalue weighted by Crippen LogP contribution is -2.39. The van der Waals surface area contributed by atoms with E-state index in [9.17, 15) is 14.7 Å². The van der Waals surface area contributed by atoms with Crippen molar-refractivity contribution in [2.24, 2.45) is 0 Å². The Morgan fingerprint density at radius 2 is 1.89 bits per heavy atom. The Morgan fingerprint density at radius 3 is 2.39 bits per heavy atom. The Labute approximate surface area is 107 Å². The Kier molecular flexibility index (Phi) is 7.30. The van der Waals surface area contributed by atoms with Gasteiger partial charge < -0.3 is 25.2 Å². The van der Waals surface area contributed by atoms with Crippen molar-refractivity contribution in [3.8, 4) is 0 Å². The zero-order valence-electron chi connectivity index (χ0n) is 11.3. The molecule has 7 heteroatoms. The van der Waals surface area contributed by atoms with E-state index in [-0.39, 0.29) is 6.54 Å². The van der Waals surface area contributed by atoms with Gasteiger partial charge in [0.15, 0.2) is 6.10 Å². The number of methoxy groups -OCH3 is 1. The minimum absolute atomic E-state index is 0.0721. The Balaban J connectivity index is 3.57. The summed E-state index contributed by atoms with van der Waals surface area (Å²) in [5.41, 5.74) is -0.529. The first-order valence-electron chi connectivity index (χ1n) is 5.69. The summed E-state index contributed by atoms with van der Waals surface area (Å²) in [7, 11) is 1.20. The Morgan fingerprint density at radius 1 is 1.28 bits per heavy atom. The predicted octanol–water partition coefficient (Wildman–Crippen LogP) is -0.365. The lowest BCUT2D eigenvalue weighted by atomic mass is 10.2. The van der Waals surface area contributed by atoms with Gasteiger partial charge in [-0.05, 0) is 20.8 Å². The van der Waals surface area contributed by atoms with Gasteiger partial charge in [0.05, 0.1) is 7.11 Å². The van der Waals surface area contributed by atoms with Gasteiger partial charge in [0.1, 0.15) is 5.60 Å². The van der Waals surface area contributed by atoms with E-state index in [4.69, 9.17) is 4.74 Å². The molecule has 0 aromatic heterocycles. The van der Waals surface area contributed by atoms with Gasteiger partial charge in [0.2, 0.25) is 0 Å². The first kappa shape index (κ1) is 16.7. The molecule has 0 heterocycles. The summed E-state index contributed by atoms with van der Waals surface area (Å²) in [6.45, 7) is 6.14. The Hall–Kier alpha value is -1.34. The molecule has 0 aromatic carbocycles. The van der Waals surface area contributed by atoms with Crippen LogP contribution in [0, 0.1) is 0 Å². The highest BCUT2D eigenvalue weighted by atomic mass is 16.6. The number of alkyl carbamates (subject to hydrolysis) is 1. The van der Waals surface area contributed by atoms with Crippen LogP contribution in [0.3, 0.4) is 0 Å². The molecular formula is C11H22N2O5. The average molecular weight is 262 g/mol. The minimum atomic E-state index is -1.20. The minimum Gasteiger partial charge on any atom is -0.467 e. The summed E-state index contributed by atoms with van der Waals surface area (Å²) in [5, 5.41) is 14.6. The molecule has 18 heavy (non-hydrogen) atoms. The van der Waals surface area contributed by atoms with Crippen LogP contribution in [0.5, 0.6) is 0 Å². The molecule has 0 bridgehead atoms. The second-order valence-corrected chi connectivity index (χ2v) is 4.67. The van der Waals surface area contributed by atoms with E-state index >= 15 is 0 Å². The van der Waals surface area contributed by atoms with Crippen molar-refractivity contribution in [3.05, 3.63) is 0 Å². The number of nitrogens with one attached hydrogen (secondary N) is 2. The van der Waals surface area contributed by atoms with Crippen molar-refractivity contribution in [2.75, 3.05) is 26.7 Å². The van der Waals surface area contributed by atoms with E-state index in [2.05, 4.69) is 15.4 Å². The van der Waals surface area contributed by atoms with Crippen LogP contribution in [-0.2, 0) is 14.3 Å². The molecule has 0 aliphatic rings. The fraction of sp³-hybridized carbons (Fsp3) is 0.818. The van der Waals surface area contributed by atoms with Crippen molar-refractivity contribution in [3.63, 3.8) is 0 Å². The highest BCUT2D eigenvalue weighted by molar-refractivity contribution is 5.74. The zero-order chi connectivity index (χ0) is 14.2. The standard InChI is InChI=1S/C11H22N2O5/c1-11(2,3)18-10(16)13-6-5-12-7-8(14)9(15)17-4/h8,12,14H,5-7H2,1-4H3,(H,13,16)/t8-/m0/s1. The second-order valence-electron chi connectivity index (χ2n) is 4.67. The maximum Gasteiger partial charge on any atom is 0.407 e. The number of aliphatic hydroxyl groups is 1. The van der Waals surface area contributed by atoms with Crippen LogP contribution in [0.15, 0.2) is 0 Å². The van der Waals surface area contributed by atoms with E-state index in [0.29, 0.717) is 13.1 Å². The summed E-state index contributed by atoms with van der Waals surface area (Å²) in [5.74, 6) is -0.692. The monoisotopic (exact) mass is 262 g/mol. The molecule has 0 fully saturated rings. The Bertz CT molecular complexity index is 275. The number of rotatable bonds is 6. The maximum atomic E-state index is 11.2. The third-order valence-corrected chi connectivity index (χ3v) is 1.78. The van der Waals surface area contributed by atoms with Crippen LogP contribution in [0.25, 0.3) is 0 Å². The van der Waals surface area contributed by atoms with Gasteiger partial charge in [0.25, 0.3) is 0 Å². The number of ether oxygens (including phenoxy) is 2. The first-order chi connectivity index (χ1) is 8.26. The van der Waals surface area contributed by atoms with E-state index < -0.39 is 23.8 Å². The van der Waals surface area contributed by atoms with Crippen molar-refractivity contribution in [1.29, 1.82) is 0 Å². The molecule has 0 aromatic rings. The second kappa shape index (κ2) is 7.88. The summed E-state index contributed by atoms with van der Waals surface area (Å²) in [4.78, 5) is 22.1. The molecular weight excluding hydrogens is 240 g/mol. The zero-order valence-corrected chi connectivity index (χ0v) is 11.3. The highest BCUT2D eigenvalue weighted by Gasteiger charge is 2.16. The number of amides is 1. The number of esters is 1. The lowest BCUT2D eigenvalue weighted by molar-refractivity contribution is -0.150. The fourth-order valence-electron chi connectivity index (χ4n) is 1.03. The number of carbonyl (C=O) groups excluding carboxylic acids is 2. The van der Waals surface area contributed by atoms with Gasteiger partial charge in [0, 0.05) is 19.6 Å². The van der Waals surface area contributed by atoms with E-state index in [1.54, 1.807) is 20.8 Å². The first-order valence-corrected chi connectivity index (χ1v) is 5.69. The fourth-order valence-corrected chi connectivity index (χ4v) is 1.03. The normalized spacial score (nSPS) is 12.7. The molecule has 0 unspecified atom stereocenters. The molecule has 0 saturated carbocycles. The molecule has 0 radical (unpaired) electrons. The van der Waals surface area contributed by atoms with Gasteiger partial charge in [-0.25, -0.2) is 9.59 Å². The number of aliphatic hydroxyl groups excluding tert-OH is 1. The maximum absolute atomic E-state index is 11.2. The van der Waals surface area contributed by atoms with E-state index in [0.717, 1.165) is 0 Å². The van der Waals surface area contributed by atoms with Gasteiger partial charge in [-0.2, -0.15) is 0 Å². The third kappa shape index (κ3) is 8.77. The molecule has 0 rings (SSSR count). The van der Waals surface area contributed by atoms with Crippen molar-refractivity contribution >= 4 is 12.1 Å². The summed E-state index contributed by atoms with van der Waals surface area (Å²) >= 11 is 0. The van der Waals surface area contributed by atoms with Gasteiger partial charge in [-0.15, -0.1) is 0 Å². The van der Waals surface area contributed by atoms with Crippen LogP contribution in [0.4, 0.5) is 4.79 Å². The molecule has 0 aliphatic carbocycles. The molecule has 3 N–H and O–H groups in total. The summed E-state index contributed by atoms with van der Waals surface area (Å²) in [6, 6.07) is 0. The van der Waals surface area contributed by atoms with Gasteiger partial charge in [-0.1, -0.05) is 0 Å². The van der Waals surface area contributed by atoms with Crippen molar-refractivity contribution < 1.29 is 24.2 Å². The predicted molar refractivity (Wildman–Crippen MR) is 65.1 cm³/mol. The quantitative estimate of drug-likeness (QED) is 0.446. The molecule has 0 aliphatic heterocycles. The molecule has 0 saturated heterocycles. The summed E-state index contributed by atoms with van der Waals surface area (Å²) in [6.07, 6.45) is -1.70. The van der Waals surface area contributed by atoms with Crippen LogP contribution in [0.2, 0.25) is 0 Å².